The number of nitrogens with one attached hydrogen (secondary N) is 3. The number of nitrogens with two attached hydrogens (primary N) is 1. The molecule has 186 valence electrons. The predicted octanol–water partition coefficient (Wildman–Crippen LogP) is 5.78. The normalized spacial score (nSPS) is 11.8. The zero-order valence-electron chi connectivity index (χ0n) is 19.8. The molecule has 0 heterocycles. The maximum absolute atomic E-state index is 12.6. The second-order valence-electron chi connectivity index (χ2n) is 8.41. The summed E-state index contributed by atoms with van der Waals surface area (Å²) in [5.41, 5.74) is 3.91. The van der Waals surface area contributed by atoms with E-state index in [4.69, 9.17) is 34.8 Å². The standard InChI is InChI=1S/C27H31Cl3N4O/c1-31-11-3-12-32-13-10-22(18-33-27(35)34-26-16-24(29)15-25(30)17-26)20-8-6-19(7-9-20)21-4-2-5-23(28)14-21/h2,4-9,14-17,22,31-32H,3,10-13,18H2,1H3,(H2,33,34,35)/p+1. The monoisotopic (exact) mass is 533 g/mol. The third-order valence-electron chi connectivity index (χ3n) is 5.69. The molecule has 1 unspecified atom stereocenters. The van der Waals surface area contributed by atoms with Gasteiger partial charge in [0.15, 0.2) is 0 Å². The summed E-state index contributed by atoms with van der Waals surface area (Å²) in [6, 6.07) is 20.9. The lowest BCUT2D eigenvalue weighted by atomic mass is 9.93. The summed E-state index contributed by atoms with van der Waals surface area (Å²) in [5, 5.41) is 13.2. The molecule has 0 saturated carbocycles. The molecule has 0 spiro atoms. The van der Waals surface area contributed by atoms with Crippen molar-refractivity contribution in [1.29, 1.82) is 0 Å². The summed E-state index contributed by atoms with van der Waals surface area (Å²) in [6.07, 6.45) is 2.02. The minimum atomic E-state index is -0.296. The second kappa shape index (κ2) is 14.3. The van der Waals surface area contributed by atoms with Crippen LogP contribution in [0, 0.1) is 0 Å². The Balaban J connectivity index is 1.64. The van der Waals surface area contributed by atoms with Crippen LogP contribution in [-0.2, 0) is 0 Å². The van der Waals surface area contributed by atoms with Crippen molar-refractivity contribution in [3.63, 3.8) is 0 Å². The third-order valence-corrected chi connectivity index (χ3v) is 6.36. The van der Waals surface area contributed by atoms with Crippen LogP contribution in [0.2, 0.25) is 15.1 Å². The number of carbonyl (C=O) groups excluding carboxylic acids is 1. The van der Waals surface area contributed by atoms with E-state index in [0.717, 1.165) is 43.6 Å². The van der Waals surface area contributed by atoms with E-state index >= 15 is 0 Å². The summed E-state index contributed by atoms with van der Waals surface area (Å²) in [7, 11) is 2.08. The van der Waals surface area contributed by atoms with Crippen molar-refractivity contribution in [2.75, 3.05) is 38.5 Å². The van der Waals surface area contributed by atoms with Gasteiger partial charge < -0.3 is 21.3 Å². The number of amides is 2. The van der Waals surface area contributed by atoms with Gasteiger partial charge in [0.2, 0.25) is 0 Å². The van der Waals surface area contributed by atoms with Crippen molar-refractivity contribution in [2.24, 2.45) is 0 Å². The molecule has 35 heavy (non-hydrogen) atoms. The Morgan fingerprint density at radius 2 is 1.63 bits per heavy atom. The average molecular weight is 535 g/mol. The molecule has 0 aliphatic carbocycles. The summed E-state index contributed by atoms with van der Waals surface area (Å²) in [6.45, 7) is 3.46. The highest BCUT2D eigenvalue weighted by molar-refractivity contribution is 6.35. The minimum absolute atomic E-state index is 0.155. The summed E-state index contributed by atoms with van der Waals surface area (Å²) >= 11 is 18.2. The fraction of sp³-hybridized carbons (Fsp3) is 0.296. The van der Waals surface area contributed by atoms with Crippen molar-refractivity contribution in [2.45, 2.75) is 18.8 Å². The van der Waals surface area contributed by atoms with Crippen LogP contribution >= 0.6 is 34.8 Å². The highest BCUT2D eigenvalue weighted by Crippen LogP contribution is 2.26. The molecule has 5 N–H and O–H groups in total. The number of halogens is 3. The highest BCUT2D eigenvalue weighted by atomic mass is 35.5. The highest BCUT2D eigenvalue weighted by Gasteiger charge is 2.14. The number of anilines is 1. The molecule has 1 atom stereocenters. The van der Waals surface area contributed by atoms with Crippen molar-refractivity contribution in [3.05, 3.63) is 87.4 Å². The van der Waals surface area contributed by atoms with E-state index in [9.17, 15) is 4.79 Å². The summed E-state index contributed by atoms with van der Waals surface area (Å²) in [4.78, 5) is 12.6. The van der Waals surface area contributed by atoms with Gasteiger partial charge in [-0.2, -0.15) is 0 Å². The predicted molar refractivity (Wildman–Crippen MR) is 148 cm³/mol. The molecule has 0 radical (unpaired) electrons. The number of urea groups is 1. The molecule has 0 aliphatic rings. The molecule has 0 fully saturated rings. The lowest BCUT2D eigenvalue weighted by molar-refractivity contribution is -0.627. The number of hydrogen-bond donors (Lipinski definition) is 4. The Hall–Kier alpha value is -2.28. The Morgan fingerprint density at radius 1 is 0.886 bits per heavy atom. The Morgan fingerprint density at radius 3 is 2.31 bits per heavy atom. The van der Waals surface area contributed by atoms with Crippen molar-refractivity contribution < 1.29 is 10.1 Å². The van der Waals surface area contributed by atoms with Gasteiger partial charge in [-0.15, -0.1) is 0 Å². The summed E-state index contributed by atoms with van der Waals surface area (Å²) < 4.78 is 0. The maximum atomic E-state index is 12.6. The molecule has 0 aliphatic heterocycles. The SMILES string of the molecule is C[NH2+]CCCNCCC(CNC(=O)Nc1cc(Cl)cc(Cl)c1)c1ccc(-c2cccc(Cl)c2)cc1. The van der Waals surface area contributed by atoms with Crippen LogP contribution in [0.5, 0.6) is 0 Å². The fourth-order valence-electron chi connectivity index (χ4n) is 3.85. The first-order valence-electron chi connectivity index (χ1n) is 11.8. The molecule has 3 rings (SSSR count). The van der Waals surface area contributed by atoms with E-state index in [1.165, 1.54) is 5.56 Å². The van der Waals surface area contributed by atoms with Crippen LogP contribution in [0.15, 0.2) is 66.7 Å². The van der Waals surface area contributed by atoms with E-state index in [2.05, 4.69) is 52.6 Å². The molecule has 2 amide bonds. The first kappa shape index (κ1) is 27.3. The zero-order valence-corrected chi connectivity index (χ0v) is 22.1. The van der Waals surface area contributed by atoms with Gasteiger partial charge in [0, 0.05) is 46.2 Å². The van der Waals surface area contributed by atoms with Gasteiger partial charge in [0.1, 0.15) is 0 Å². The first-order chi connectivity index (χ1) is 16.9. The first-order valence-corrected chi connectivity index (χ1v) is 12.9. The second-order valence-corrected chi connectivity index (χ2v) is 9.72. The number of carbonyl (C=O) groups is 1. The molecule has 3 aromatic rings. The zero-order chi connectivity index (χ0) is 25.0. The van der Waals surface area contributed by atoms with E-state index in [1.807, 2.05) is 24.3 Å². The molecular weight excluding hydrogens is 503 g/mol. The quantitative estimate of drug-likeness (QED) is 0.222. The van der Waals surface area contributed by atoms with Crippen LogP contribution in [-0.4, -0.2) is 39.3 Å². The topological polar surface area (TPSA) is 69.8 Å². The van der Waals surface area contributed by atoms with Gasteiger partial charge in [0.05, 0.1) is 13.6 Å². The van der Waals surface area contributed by atoms with Gasteiger partial charge in [-0.05, 0) is 60.0 Å². The van der Waals surface area contributed by atoms with Crippen molar-refractivity contribution >= 4 is 46.5 Å². The van der Waals surface area contributed by atoms with Gasteiger partial charge in [0.25, 0.3) is 0 Å². The van der Waals surface area contributed by atoms with Gasteiger partial charge in [-0.3, -0.25) is 0 Å². The van der Waals surface area contributed by atoms with Gasteiger partial charge >= 0.3 is 6.03 Å². The fourth-order valence-corrected chi connectivity index (χ4v) is 4.57. The lowest BCUT2D eigenvalue weighted by Gasteiger charge is -2.19. The Labute approximate surface area is 222 Å². The number of rotatable bonds is 12. The van der Waals surface area contributed by atoms with Gasteiger partial charge in [-0.25, -0.2) is 4.79 Å². The maximum Gasteiger partial charge on any atom is 0.319 e. The Kier molecular flexibility index (Phi) is 11.2. The largest absolute Gasteiger partial charge is 0.349 e. The van der Waals surface area contributed by atoms with E-state index < -0.39 is 0 Å². The van der Waals surface area contributed by atoms with Crippen molar-refractivity contribution in [1.82, 2.24) is 10.6 Å². The van der Waals surface area contributed by atoms with E-state index in [-0.39, 0.29) is 11.9 Å². The molecule has 3 aromatic carbocycles. The van der Waals surface area contributed by atoms with Crippen LogP contribution in [0.1, 0.15) is 24.3 Å². The average Bonchev–Trinajstić information content (AvgIpc) is 2.82. The van der Waals surface area contributed by atoms with Crippen LogP contribution in [0.3, 0.4) is 0 Å². The molecule has 0 saturated heterocycles. The molecule has 0 aromatic heterocycles. The molecule has 5 nitrogen and oxygen atoms in total. The third kappa shape index (κ3) is 9.36. The Bertz CT molecular complexity index is 1070. The molecule has 0 bridgehead atoms. The van der Waals surface area contributed by atoms with E-state index in [0.29, 0.717) is 27.3 Å². The number of quaternary nitrogens is 1. The molecule has 8 heteroatoms. The van der Waals surface area contributed by atoms with Crippen LogP contribution < -0.4 is 21.3 Å². The number of benzene rings is 3. The smallest absolute Gasteiger partial charge is 0.319 e. The molecular formula is C27H32Cl3N4O+. The van der Waals surface area contributed by atoms with E-state index in [1.54, 1.807) is 18.2 Å². The van der Waals surface area contributed by atoms with Crippen molar-refractivity contribution in [3.8, 4) is 11.1 Å². The van der Waals surface area contributed by atoms with Crippen LogP contribution in [0.4, 0.5) is 10.5 Å². The summed E-state index contributed by atoms with van der Waals surface area (Å²) in [5.74, 6) is 0.155. The van der Waals surface area contributed by atoms with Crippen LogP contribution in [0.25, 0.3) is 11.1 Å². The lowest BCUT2D eigenvalue weighted by Crippen LogP contribution is -2.79. The number of hydrogen-bond acceptors (Lipinski definition) is 2. The minimum Gasteiger partial charge on any atom is -0.349 e. The van der Waals surface area contributed by atoms with Gasteiger partial charge in [-0.1, -0.05) is 71.2 Å².